The van der Waals surface area contributed by atoms with E-state index in [-0.39, 0.29) is 5.41 Å². The average Bonchev–Trinajstić information content (AvgIpc) is 2.92. The molecule has 3 rings (SSSR count). The third kappa shape index (κ3) is 2.39. The predicted molar refractivity (Wildman–Crippen MR) is 80.5 cm³/mol. The Balaban J connectivity index is 1.89. The van der Waals surface area contributed by atoms with E-state index in [2.05, 4.69) is 12.1 Å². The van der Waals surface area contributed by atoms with Gasteiger partial charge >= 0.3 is 0 Å². The topological polar surface area (TPSA) is 44.5 Å². The summed E-state index contributed by atoms with van der Waals surface area (Å²) in [5, 5.41) is 0. The van der Waals surface area contributed by atoms with Gasteiger partial charge in [-0.05, 0) is 49.8 Å². The Morgan fingerprint density at radius 2 is 1.90 bits per heavy atom. The van der Waals surface area contributed by atoms with E-state index in [1.165, 1.54) is 37.7 Å². The maximum Gasteiger partial charge on any atom is 0.161 e. The molecule has 0 amide bonds. The van der Waals surface area contributed by atoms with Gasteiger partial charge in [0.05, 0.1) is 13.2 Å². The molecule has 0 spiro atoms. The molecule has 3 heteroatoms. The molecule has 2 fully saturated rings. The highest BCUT2D eigenvalue weighted by molar-refractivity contribution is 5.46. The molecular weight excluding hydrogens is 250 g/mol. The van der Waals surface area contributed by atoms with Crippen molar-refractivity contribution in [1.82, 2.24) is 0 Å². The van der Waals surface area contributed by atoms with Gasteiger partial charge in [-0.2, -0.15) is 0 Å². The molecule has 2 saturated carbocycles. The third-order valence-electron chi connectivity index (χ3n) is 5.07. The van der Waals surface area contributed by atoms with Crippen LogP contribution in [-0.2, 0) is 5.41 Å². The van der Waals surface area contributed by atoms with Gasteiger partial charge in [-0.1, -0.05) is 18.9 Å². The van der Waals surface area contributed by atoms with Gasteiger partial charge in [0, 0.05) is 12.0 Å². The van der Waals surface area contributed by atoms with Crippen LogP contribution in [0.2, 0.25) is 0 Å². The van der Waals surface area contributed by atoms with E-state index in [0.29, 0.717) is 6.10 Å². The third-order valence-corrected chi connectivity index (χ3v) is 5.07. The zero-order valence-electron chi connectivity index (χ0n) is 12.4. The molecule has 2 N–H and O–H groups in total. The lowest BCUT2D eigenvalue weighted by Gasteiger charge is -2.31. The van der Waals surface area contributed by atoms with Gasteiger partial charge in [0.1, 0.15) is 0 Å². The SMILES string of the molecule is COc1ccc(C2(CN)CCCC2)cc1OC1CCC1. The number of benzene rings is 1. The van der Waals surface area contributed by atoms with E-state index < -0.39 is 0 Å². The van der Waals surface area contributed by atoms with Crippen LogP contribution in [0.25, 0.3) is 0 Å². The smallest absolute Gasteiger partial charge is 0.161 e. The Bertz CT molecular complexity index is 462. The standard InChI is InChI=1S/C17H25NO2/c1-19-15-8-7-13(17(12-18)9-2-3-10-17)11-16(15)20-14-5-4-6-14/h7-8,11,14H,2-6,9-10,12,18H2,1H3. The normalized spacial score (nSPS) is 21.5. The highest BCUT2D eigenvalue weighted by Crippen LogP contribution is 2.43. The molecular formula is C17H25NO2. The molecule has 1 aromatic rings. The second-order valence-electron chi connectivity index (χ2n) is 6.23. The molecule has 1 aromatic carbocycles. The van der Waals surface area contributed by atoms with Crippen molar-refractivity contribution in [3.8, 4) is 11.5 Å². The minimum absolute atomic E-state index is 0.157. The van der Waals surface area contributed by atoms with Crippen molar-refractivity contribution < 1.29 is 9.47 Å². The van der Waals surface area contributed by atoms with Crippen LogP contribution in [0.1, 0.15) is 50.5 Å². The Hall–Kier alpha value is -1.22. The Labute approximate surface area is 121 Å². The Kier molecular flexibility index (Phi) is 3.88. The van der Waals surface area contributed by atoms with Crippen LogP contribution in [-0.4, -0.2) is 19.8 Å². The number of hydrogen-bond acceptors (Lipinski definition) is 3. The lowest BCUT2D eigenvalue weighted by molar-refractivity contribution is 0.116. The predicted octanol–water partition coefficient (Wildman–Crippen LogP) is 3.40. The van der Waals surface area contributed by atoms with Crippen LogP contribution in [0.3, 0.4) is 0 Å². The van der Waals surface area contributed by atoms with Crippen LogP contribution < -0.4 is 15.2 Å². The van der Waals surface area contributed by atoms with E-state index in [4.69, 9.17) is 15.2 Å². The molecule has 2 aliphatic carbocycles. The van der Waals surface area contributed by atoms with Crippen LogP contribution in [0, 0.1) is 0 Å². The van der Waals surface area contributed by atoms with E-state index >= 15 is 0 Å². The van der Waals surface area contributed by atoms with Gasteiger partial charge in [0.25, 0.3) is 0 Å². The first-order valence-electron chi connectivity index (χ1n) is 7.83. The van der Waals surface area contributed by atoms with E-state index in [9.17, 15) is 0 Å². The highest BCUT2D eigenvalue weighted by Gasteiger charge is 2.35. The van der Waals surface area contributed by atoms with Crippen molar-refractivity contribution in [3.63, 3.8) is 0 Å². The number of hydrogen-bond donors (Lipinski definition) is 1. The molecule has 3 nitrogen and oxygen atoms in total. The van der Waals surface area contributed by atoms with Crippen molar-refractivity contribution in [2.75, 3.05) is 13.7 Å². The van der Waals surface area contributed by atoms with E-state index in [1.807, 2.05) is 6.07 Å². The molecule has 0 heterocycles. The molecule has 2 aliphatic rings. The quantitative estimate of drug-likeness (QED) is 0.895. The van der Waals surface area contributed by atoms with Gasteiger partial charge in [-0.3, -0.25) is 0 Å². The van der Waals surface area contributed by atoms with Crippen molar-refractivity contribution in [3.05, 3.63) is 23.8 Å². The van der Waals surface area contributed by atoms with Gasteiger partial charge < -0.3 is 15.2 Å². The maximum atomic E-state index is 6.10. The second kappa shape index (κ2) is 5.65. The van der Waals surface area contributed by atoms with Crippen molar-refractivity contribution in [1.29, 1.82) is 0 Å². The fourth-order valence-corrected chi connectivity index (χ4v) is 3.43. The van der Waals surface area contributed by atoms with E-state index in [0.717, 1.165) is 30.9 Å². The summed E-state index contributed by atoms with van der Waals surface area (Å²) < 4.78 is 11.5. The molecule has 0 unspecified atom stereocenters. The largest absolute Gasteiger partial charge is 0.493 e. The molecule has 0 aromatic heterocycles. The number of rotatable bonds is 5. The summed E-state index contributed by atoms with van der Waals surface area (Å²) in [7, 11) is 1.71. The lowest BCUT2D eigenvalue weighted by Crippen LogP contribution is -2.32. The molecule has 0 bridgehead atoms. The van der Waals surface area contributed by atoms with Gasteiger partial charge in [-0.15, -0.1) is 0 Å². The second-order valence-corrected chi connectivity index (χ2v) is 6.23. The van der Waals surface area contributed by atoms with Crippen LogP contribution >= 0.6 is 0 Å². The summed E-state index contributed by atoms with van der Waals surface area (Å²) in [5.74, 6) is 1.74. The van der Waals surface area contributed by atoms with E-state index in [1.54, 1.807) is 7.11 Å². The maximum absolute atomic E-state index is 6.10. The summed E-state index contributed by atoms with van der Waals surface area (Å²) >= 11 is 0. The minimum atomic E-state index is 0.157. The number of methoxy groups -OCH3 is 1. The fraction of sp³-hybridized carbons (Fsp3) is 0.647. The van der Waals surface area contributed by atoms with Crippen LogP contribution in [0.5, 0.6) is 11.5 Å². The molecule has 20 heavy (non-hydrogen) atoms. The molecule has 0 aliphatic heterocycles. The number of nitrogens with two attached hydrogens (primary N) is 1. The lowest BCUT2D eigenvalue weighted by atomic mass is 9.79. The first-order valence-corrected chi connectivity index (χ1v) is 7.83. The molecule has 110 valence electrons. The Morgan fingerprint density at radius 1 is 1.15 bits per heavy atom. The molecule has 0 radical (unpaired) electrons. The summed E-state index contributed by atoms with van der Waals surface area (Å²) in [4.78, 5) is 0. The monoisotopic (exact) mass is 275 g/mol. The Morgan fingerprint density at radius 3 is 2.45 bits per heavy atom. The van der Waals surface area contributed by atoms with Crippen molar-refractivity contribution in [2.24, 2.45) is 5.73 Å². The summed E-state index contributed by atoms with van der Waals surface area (Å²) in [6.07, 6.45) is 8.92. The van der Waals surface area contributed by atoms with Crippen molar-refractivity contribution in [2.45, 2.75) is 56.5 Å². The van der Waals surface area contributed by atoms with Gasteiger partial charge in [0.2, 0.25) is 0 Å². The fourth-order valence-electron chi connectivity index (χ4n) is 3.43. The van der Waals surface area contributed by atoms with Gasteiger partial charge in [-0.25, -0.2) is 0 Å². The summed E-state index contributed by atoms with van der Waals surface area (Å²) in [5.41, 5.74) is 7.57. The zero-order chi connectivity index (χ0) is 14.0. The van der Waals surface area contributed by atoms with Crippen molar-refractivity contribution >= 4 is 0 Å². The highest BCUT2D eigenvalue weighted by atomic mass is 16.5. The summed E-state index contributed by atoms with van der Waals surface area (Å²) in [6.45, 7) is 0.724. The van der Waals surface area contributed by atoms with Gasteiger partial charge in [0.15, 0.2) is 11.5 Å². The summed E-state index contributed by atoms with van der Waals surface area (Å²) in [6, 6.07) is 6.39. The number of ether oxygens (including phenoxy) is 2. The zero-order valence-corrected chi connectivity index (χ0v) is 12.4. The first-order chi connectivity index (χ1) is 9.77. The average molecular weight is 275 g/mol. The first kappa shape index (κ1) is 13.7. The minimum Gasteiger partial charge on any atom is -0.493 e. The molecule has 0 saturated heterocycles. The van der Waals surface area contributed by atoms with Crippen LogP contribution in [0.4, 0.5) is 0 Å². The molecule has 0 atom stereocenters. The van der Waals surface area contributed by atoms with Crippen LogP contribution in [0.15, 0.2) is 18.2 Å².